The van der Waals surface area contributed by atoms with Gasteiger partial charge < -0.3 is 11.1 Å². The van der Waals surface area contributed by atoms with Gasteiger partial charge >= 0.3 is 0 Å². The second-order valence-corrected chi connectivity index (χ2v) is 5.33. The average Bonchev–Trinajstić information content (AvgIpc) is 2.25. The van der Waals surface area contributed by atoms with Crippen molar-refractivity contribution in [3.05, 3.63) is 23.8 Å². The molecule has 0 saturated carbocycles. The minimum Gasteiger partial charge on any atom is -0.399 e. The molecule has 1 aliphatic rings. The van der Waals surface area contributed by atoms with Crippen LogP contribution in [-0.4, -0.2) is 17.5 Å². The van der Waals surface area contributed by atoms with Crippen molar-refractivity contribution in [1.82, 2.24) is 0 Å². The summed E-state index contributed by atoms with van der Waals surface area (Å²) in [5.41, 5.74) is 9.11. The molecule has 0 bridgehead atoms. The quantitative estimate of drug-likeness (QED) is 0.756. The molecule has 0 unspecified atom stereocenters. The highest BCUT2D eigenvalue weighted by Crippen LogP contribution is 2.24. The van der Waals surface area contributed by atoms with Crippen LogP contribution in [0.3, 0.4) is 0 Å². The third-order valence-electron chi connectivity index (χ3n) is 2.84. The van der Waals surface area contributed by atoms with Gasteiger partial charge in [0.15, 0.2) is 0 Å². The van der Waals surface area contributed by atoms with Crippen LogP contribution in [-0.2, 0) is 0 Å². The molecule has 2 rings (SSSR count). The second-order valence-electron chi connectivity index (χ2n) is 4.11. The smallest absolute Gasteiger partial charge is 0.0392 e. The number of benzene rings is 1. The van der Waals surface area contributed by atoms with Crippen molar-refractivity contribution < 1.29 is 0 Å². The minimum atomic E-state index is 0.631. The molecular weight excluding hydrogens is 204 g/mol. The van der Waals surface area contributed by atoms with E-state index in [4.69, 9.17) is 5.73 Å². The molecule has 2 nitrogen and oxygen atoms in total. The maximum absolute atomic E-state index is 5.79. The lowest BCUT2D eigenvalue weighted by Crippen LogP contribution is -2.24. The highest BCUT2D eigenvalue weighted by atomic mass is 32.2. The normalized spacial score (nSPS) is 17.7. The van der Waals surface area contributed by atoms with E-state index in [1.54, 1.807) is 0 Å². The van der Waals surface area contributed by atoms with E-state index in [0.29, 0.717) is 6.04 Å². The molecule has 3 heteroatoms. The van der Waals surface area contributed by atoms with Crippen LogP contribution in [0.5, 0.6) is 0 Å². The highest BCUT2D eigenvalue weighted by molar-refractivity contribution is 7.99. The Kier molecular flexibility index (Phi) is 3.41. The summed E-state index contributed by atoms with van der Waals surface area (Å²) in [6.07, 6.45) is 2.53. The number of thioether (sulfide) groups is 1. The lowest BCUT2D eigenvalue weighted by molar-refractivity contribution is 0.666. The second kappa shape index (κ2) is 4.79. The van der Waals surface area contributed by atoms with Crippen LogP contribution in [0.4, 0.5) is 11.4 Å². The van der Waals surface area contributed by atoms with Crippen molar-refractivity contribution in [2.45, 2.75) is 25.8 Å². The number of anilines is 2. The number of rotatable bonds is 2. The van der Waals surface area contributed by atoms with Gasteiger partial charge in [0.2, 0.25) is 0 Å². The van der Waals surface area contributed by atoms with Gasteiger partial charge in [0, 0.05) is 17.4 Å². The molecule has 0 atom stereocenters. The maximum atomic E-state index is 5.79. The van der Waals surface area contributed by atoms with Crippen molar-refractivity contribution in [1.29, 1.82) is 0 Å². The third-order valence-corrected chi connectivity index (χ3v) is 3.89. The average molecular weight is 222 g/mol. The van der Waals surface area contributed by atoms with E-state index in [9.17, 15) is 0 Å². The first-order valence-electron chi connectivity index (χ1n) is 5.46. The molecule has 15 heavy (non-hydrogen) atoms. The molecule has 1 aromatic carbocycles. The van der Waals surface area contributed by atoms with Crippen molar-refractivity contribution >= 4 is 23.1 Å². The molecule has 0 spiro atoms. The van der Waals surface area contributed by atoms with Gasteiger partial charge in [0.05, 0.1) is 0 Å². The van der Waals surface area contributed by atoms with Crippen molar-refractivity contribution in [2.75, 3.05) is 22.6 Å². The summed E-state index contributed by atoms with van der Waals surface area (Å²) in [6, 6.07) is 6.70. The zero-order chi connectivity index (χ0) is 10.7. The zero-order valence-electron chi connectivity index (χ0n) is 9.12. The van der Waals surface area contributed by atoms with Gasteiger partial charge in [-0.25, -0.2) is 0 Å². The summed E-state index contributed by atoms with van der Waals surface area (Å²) < 4.78 is 0. The van der Waals surface area contributed by atoms with Crippen LogP contribution < -0.4 is 11.1 Å². The SMILES string of the molecule is Cc1ccc(N)cc1NC1CCSCC1. The van der Waals surface area contributed by atoms with E-state index in [1.807, 2.05) is 12.1 Å². The van der Waals surface area contributed by atoms with Crippen LogP contribution in [0.2, 0.25) is 0 Å². The zero-order valence-corrected chi connectivity index (χ0v) is 9.94. The van der Waals surface area contributed by atoms with Gasteiger partial charge in [-0.3, -0.25) is 0 Å². The highest BCUT2D eigenvalue weighted by Gasteiger charge is 2.13. The van der Waals surface area contributed by atoms with Crippen LogP contribution in [0, 0.1) is 6.92 Å². The topological polar surface area (TPSA) is 38.0 Å². The predicted molar refractivity (Wildman–Crippen MR) is 69.6 cm³/mol. The Hall–Kier alpha value is -0.830. The lowest BCUT2D eigenvalue weighted by Gasteiger charge is -2.24. The monoisotopic (exact) mass is 222 g/mol. The third kappa shape index (κ3) is 2.81. The number of hydrogen-bond acceptors (Lipinski definition) is 3. The van der Waals surface area contributed by atoms with E-state index in [1.165, 1.54) is 35.6 Å². The lowest BCUT2D eigenvalue weighted by atomic mass is 10.1. The molecule has 0 aliphatic carbocycles. The van der Waals surface area contributed by atoms with Gasteiger partial charge in [-0.2, -0.15) is 11.8 Å². The number of aryl methyl sites for hydroxylation is 1. The van der Waals surface area contributed by atoms with E-state index in [0.717, 1.165) is 5.69 Å². The number of nitrogens with two attached hydrogens (primary N) is 1. The largest absolute Gasteiger partial charge is 0.399 e. The minimum absolute atomic E-state index is 0.631. The summed E-state index contributed by atoms with van der Waals surface area (Å²) >= 11 is 2.05. The Balaban J connectivity index is 2.05. The molecule has 1 aliphatic heterocycles. The fourth-order valence-corrected chi connectivity index (χ4v) is 2.96. The number of nitrogens with one attached hydrogen (secondary N) is 1. The maximum Gasteiger partial charge on any atom is 0.0392 e. The molecule has 0 aromatic heterocycles. The molecule has 1 heterocycles. The summed E-state index contributed by atoms with van der Waals surface area (Å²) in [5.74, 6) is 2.55. The van der Waals surface area contributed by atoms with Crippen molar-refractivity contribution in [2.24, 2.45) is 0 Å². The molecule has 1 aromatic rings. The molecule has 3 N–H and O–H groups in total. The number of hydrogen-bond donors (Lipinski definition) is 2. The van der Waals surface area contributed by atoms with Gasteiger partial charge in [0.1, 0.15) is 0 Å². The van der Waals surface area contributed by atoms with E-state index >= 15 is 0 Å². The Morgan fingerprint density at radius 1 is 1.33 bits per heavy atom. The fraction of sp³-hybridized carbons (Fsp3) is 0.500. The van der Waals surface area contributed by atoms with Gasteiger partial charge in [-0.15, -0.1) is 0 Å². The van der Waals surface area contributed by atoms with Gasteiger partial charge in [-0.05, 0) is 49.0 Å². The standard InChI is InChI=1S/C12H18N2S/c1-9-2-3-10(13)8-12(9)14-11-4-6-15-7-5-11/h2-3,8,11,14H,4-7,13H2,1H3. The first-order chi connectivity index (χ1) is 7.25. The van der Waals surface area contributed by atoms with Crippen molar-refractivity contribution in [3.63, 3.8) is 0 Å². The van der Waals surface area contributed by atoms with E-state index in [-0.39, 0.29) is 0 Å². The summed E-state index contributed by atoms with van der Waals surface area (Å²) in [7, 11) is 0. The van der Waals surface area contributed by atoms with Gasteiger partial charge in [0.25, 0.3) is 0 Å². The first-order valence-corrected chi connectivity index (χ1v) is 6.61. The van der Waals surface area contributed by atoms with Gasteiger partial charge in [-0.1, -0.05) is 6.07 Å². The number of nitrogen functional groups attached to an aromatic ring is 1. The molecule has 1 fully saturated rings. The van der Waals surface area contributed by atoms with Crippen molar-refractivity contribution in [3.8, 4) is 0 Å². The fourth-order valence-electron chi connectivity index (χ4n) is 1.86. The first kappa shape index (κ1) is 10.7. The van der Waals surface area contributed by atoms with Crippen LogP contribution in [0.15, 0.2) is 18.2 Å². The van der Waals surface area contributed by atoms with Crippen LogP contribution in [0.25, 0.3) is 0 Å². The Labute approximate surface area is 95.6 Å². The summed E-state index contributed by atoms with van der Waals surface area (Å²) in [5, 5.41) is 3.60. The Morgan fingerprint density at radius 2 is 2.07 bits per heavy atom. The van der Waals surface area contributed by atoms with E-state index < -0.39 is 0 Å². The summed E-state index contributed by atoms with van der Waals surface area (Å²) in [4.78, 5) is 0. The summed E-state index contributed by atoms with van der Waals surface area (Å²) in [6.45, 7) is 2.12. The Bertz CT molecular complexity index is 332. The molecule has 82 valence electrons. The molecular formula is C12H18N2S. The molecule has 0 radical (unpaired) electrons. The van der Waals surface area contributed by atoms with Crippen LogP contribution in [0.1, 0.15) is 18.4 Å². The van der Waals surface area contributed by atoms with E-state index in [2.05, 4.69) is 30.1 Å². The Morgan fingerprint density at radius 3 is 2.80 bits per heavy atom. The molecule has 0 amide bonds. The van der Waals surface area contributed by atoms with Crippen LogP contribution >= 0.6 is 11.8 Å². The predicted octanol–water partition coefficient (Wildman–Crippen LogP) is 2.88. The molecule has 1 saturated heterocycles.